The summed E-state index contributed by atoms with van der Waals surface area (Å²) in [5, 5.41) is 12.6. The molecule has 1 aliphatic rings. The van der Waals surface area contributed by atoms with E-state index >= 15 is 0 Å². The molecular weight excluding hydrogens is 476 g/mol. The first-order valence-electron chi connectivity index (χ1n) is 12.4. The van der Waals surface area contributed by atoms with E-state index in [9.17, 15) is 4.79 Å². The van der Waals surface area contributed by atoms with Crippen molar-refractivity contribution < 1.29 is 9.53 Å². The van der Waals surface area contributed by atoms with Gasteiger partial charge in [0.2, 0.25) is 0 Å². The van der Waals surface area contributed by atoms with E-state index in [1.807, 2.05) is 31.5 Å². The van der Waals surface area contributed by atoms with Crippen LogP contribution in [0.4, 0.5) is 10.7 Å². The van der Waals surface area contributed by atoms with Gasteiger partial charge in [0, 0.05) is 4.88 Å². The Hall–Kier alpha value is -2.71. The van der Waals surface area contributed by atoms with E-state index in [-0.39, 0.29) is 5.97 Å². The third kappa shape index (κ3) is 5.76. The highest BCUT2D eigenvalue weighted by atomic mass is 32.1. The number of esters is 1. The van der Waals surface area contributed by atoms with Crippen LogP contribution in [0.25, 0.3) is 0 Å². The van der Waals surface area contributed by atoms with Crippen LogP contribution >= 0.6 is 23.6 Å². The van der Waals surface area contributed by atoms with Gasteiger partial charge in [-0.15, -0.1) is 11.3 Å². The summed E-state index contributed by atoms with van der Waals surface area (Å²) >= 11 is 7.33. The summed E-state index contributed by atoms with van der Waals surface area (Å²) in [6.45, 7) is 9.03. The molecule has 0 atom stereocenters. The third-order valence-electron chi connectivity index (χ3n) is 6.58. The zero-order valence-electron chi connectivity index (χ0n) is 21.0. The maximum Gasteiger partial charge on any atom is 0.341 e. The number of aryl methyl sites for hydroxylation is 3. The summed E-state index contributed by atoms with van der Waals surface area (Å²) in [4.78, 5) is 14.2. The Labute approximate surface area is 217 Å². The molecule has 2 aromatic heterocycles. The van der Waals surface area contributed by atoms with Crippen LogP contribution in [-0.2, 0) is 24.1 Å². The molecule has 6 nitrogen and oxygen atoms in total. The van der Waals surface area contributed by atoms with Gasteiger partial charge in [-0.1, -0.05) is 37.1 Å². The van der Waals surface area contributed by atoms with E-state index in [2.05, 4.69) is 35.8 Å². The monoisotopic (exact) mass is 510 g/mol. The standard InChI is InChI=1S/C27H34N4O2S2/c1-5-33-26(32)23-21-14-8-6-7-9-15-22(21)35-25(23)29-27(34)28-24-18(3)30-31(19(24)4)16-20-13-11-10-12-17(20)2/h10-13H,5-9,14-16H2,1-4H3,(H2,28,29,34). The fourth-order valence-corrected chi connectivity index (χ4v) is 6.21. The molecule has 35 heavy (non-hydrogen) atoms. The number of hydrogen-bond acceptors (Lipinski definition) is 5. The molecule has 0 radical (unpaired) electrons. The molecule has 0 saturated carbocycles. The van der Waals surface area contributed by atoms with Crippen LogP contribution in [0.2, 0.25) is 0 Å². The summed E-state index contributed by atoms with van der Waals surface area (Å²) in [5.74, 6) is -0.269. The number of aromatic nitrogens is 2. The topological polar surface area (TPSA) is 68.2 Å². The molecule has 186 valence electrons. The van der Waals surface area contributed by atoms with Crippen LogP contribution in [0.3, 0.4) is 0 Å². The number of fused-ring (bicyclic) bond motifs is 1. The molecular formula is C27H34N4O2S2. The van der Waals surface area contributed by atoms with Gasteiger partial charge in [-0.2, -0.15) is 5.10 Å². The fraction of sp³-hybridized carbons (Fsp3) is 0.444. The van der Waals surface area contributed by atoms with Crippen LogP contribution in [0.1, 0.15) is 75.9 Å². The van der Waals surface area contributed by atoms with Crippen molar-refractivity contribution in [3.63, 3.8) is 0 Å². The first-order chi connectivity index (χ1) is 16.9. The molecule has 1 aromatic carbocycles. The summed E-state index contributed by atoms with van der Waals surface area (Å²) in [6.07, 6.45) is 6.59. The van der Waals surface area contributed by atoms with Crippen molar-refractivity contribution in [2.24, 2.45) is 0 Å². The quantitative estimate of drug-likeness (QED) is 0.289. The lowest BCUT2D eigenvalue weighted by Gasteiger charge is -2.13. The minimum Gasteiger partial charge on any atom is -0.462 e. The Morgan fingerprint density at radius 3 is 2.60 bits per heavy atom. The number of nitrogens with one attached hydrogen (secondary N) is 2. The lowest BCUT2D eigenvalue weighted by molar-refractivity contribution is 0.0526. The summed E-state index contributed by atoms with van der Waals surface area (Å²) in [6, 6.07) is 8.35. The molecule has 0 fully saturated rings. The zero-order chi connectivity index (χ0) is 24.9. The number of thiocarbonyl (C=S) groups is 1. The molecule has 2 N–H and O–H groups in total. The second-order valence-electron chi connectivity index (χ2n) is 9.05. The Kier molecular flexibility index (Phi) is 8.23. The van der Waals surface area contributed by atoms with Gasteiger partial charge < -0.3 is 15.4 Å². The van der Waals surface area contributed by atoms with Gasteiger partial charge in [-0.3, -0.25) is 4.68 Å². The van der Waals surface area contributed by atoms with Crippen LogP contribution in [-0.4, -0.2) is 27.5 Å². The summed E-state index contributed by atoms with van der Waals surface area (Å²) in [5.41, 5.74) is 7.05. The molecule has 0 unspecified atom stereocenters. The summed E-state index contributed by atoms with van der Waals surface area (Å²) in [7, 11) is 0. The molecule has 0 spiro atoms. The number of anilines is 2. The van der Waals surface area contributed by atoms with E-state index in [4.69, 9.17) is 22.1 Å². The molecule has 0 aliphatic heterocycles. The Balaban J connectivity index is 1.56. The van der Waals surface area contributed by atoms with Gasteiger partial charge in [0.25, 0.3) is 0 Å². The lowest BCUT2D eigenvalue weighted by atomic mass is 9.96. The highest BCUT2D eigenvalue weighted by Crippen LogP contribution is 2.38. The second-order valence-corrected chi connectivity index (χ2v) is 10.6. The van der Waals surface area contributed by atoms with Crippen molar-refractivity contribution in [1.82, 2.24) is 9.78 Å². The van der Waals surface area contributed by atoms with E-state index in [1.54, 1.807) is 11.3 Å². The predicted octanol–water partition coefficient (Wildman–Crippen LogP) is 6.56. The fourth-order valence-electron chi connectivity index (χ4n) is 4.66. The molecule has 8 heteroatoms. The van der Waals surface area contributed by atoms with Crippen molar-refractivity contribution >= 4 is 45.3 Å². The molecule has 0 saturated heterocycles. The van der Waals surface area contributed by atoms with Crippen LogP contribution in [0.5, 0.6) is 0 Å². The lowest BCUT2D eigenvalue weighted by Crippen LogP contribution is -2.21. The van der Waals surface area contributed by atoms with Crippen molar-refractivity contribution in [2.45, 2.75) is 72.8 Å². The van der Waals surface area contributed by atoms with Crippen LogP contribution in [0, 0.1) is 20.8 Å². The molecule has 4 rings (SSSR count). The SMILES string of the molecule is CCOC(=O)c1c(NC(=S)Nc2c(C)nn(Cc3ccccc3C)c2C)sc2c1CCCCCC2. The minimum atomic E-state index is -0.269. The van der Waals surface area contributed by atoms with Crippen molar-refractivity contribution in [2.75, 3.05) is 17.2 Å². The highest BCUT2D eigenvalue weighted by Gasteiger charge is 2.26. The van der Waals surface area contributed by atoms with E-state index in [0.717, 1.165) is 53.3 Å². The predicted molar refractivity (Wildman–Crippen MR) is 148 cm³/mol. The van der Waals surface area contributed by atoms with Crippen molar-refractivity contribution in [3.05, 3.63) is 62.8 Å². The maximum atomic E-state index is 12.9. The number of carbonyl (C=O) groups is 1. The van der Waals surface area contributed by atoms with Gasteiger partial charge in [-0.05, 0) is 82.3 Å². The number of hydrogen-bond donors (Lipinski definition) is 2. The van der Waals surface area contributed by atoms with Gasteiger partial charge in [0.1, 0.15) is 5.00 Å². The van der Waals surface area contributed by atoms with Gasteiger partial charge in [0.05, 0.1) is 35.8 Å². The van der Waals surface area contributed by atoms with Gasteiger partial charge in [-0.25, -0.2) is 4.79 Å². The second kappa shape index (κ2) is 11.4. The normalized spacial score (nSPS) is 13.5. The Morgan fingerprint density at radius 1 is 1.11 bits per heavy atom. The Bertz CT molecular complexity index is 1230. The first kappa shape index (κ1) is 25.4. The largest absolute Gasteiger partial charge is 0.462 e. The molecule has 0 amide bonds. The zero-order valence-corrected chi connectivity index (χ0v) is 22.6. The average molecular weight is 511 g/mol. The number of nitrogens with zero attached hydrogens (tertiary/aromatic N) is 2. The highest BCUT2D eigenvalue weighted by molar-refractivity contribution is 7.80. The first-order valence-corrected chi connectivity index (χ1v) is 13.6. The number of thiophene rings is 1. The average Bonchev–Trinajstić information content (AvgIpc) is 3.26. The number of rotatable bonds is 6. The van der Waals surface area contributed by atoms with E-state index in [1.165, 1.54) is 28.8 Å². The number of carbonyl (C=O) groups excluding carboxylic acids is 1. The van der Waals surface area contributed by atoms with Crippen molar-refractivity contribution in [3.8, 4) is 0 Å². The molecule has 2 heterocycles. The van der Waals surface area contributed by atoms with E-state index < -0.39 is 0 Å². The van der Waals surface area contributed by atoms with Gasteiger partial charge >= 0.3 is 5.97 Å². The summed E-state index contributed by atoms with van der Waals surface area (Å²) < 4.78 is 7.43. The van der Waals surface area contributed by atoms with Gasteiger partial charge in [0.15, 0.2) is 5.11 Å². The minimum absolute atomic E-state index is 0.269. The third-order valence-corrected chi connectivity index (χ3v) is 7.99. The molecule has 3 aromatic rings. The van der Waals surface area contributed by atoms with Crippen LogP contribution in [0.15, 0.2) is 24.3 Å². The maximum absolute atomic E-state index is 12.9. The molecule has 0 bridgehead atoms. The molecule has 1 aliphatic carbocycles. The van der Waals surface area contributed by atoms with E-state index in [0.29, 0.717) is 23.8 Å². The van der Waals surface area contributed by atoms with Crippen molar-refractivity contribution in [1.29, 1.82) is 0 Å². The Morgan fingerprint density at radius 2 is 1.86 bits per heavy atom. The number of ether oxygens (including phenoxy) is 1. The smallest absolute Gasteiger partial charge is 0.341 e. The van der Waals surface area contributed by atoms with Crippen LogP contribution < -0.4 is 10.6 Å². The number of benzene rings is 1.